The lowest BCUT2D eigenvalue weighted by atomic mass is 9.98. The molecule has 0 aliphatic carbocycles. The first kappa shape index (κ1) is 18.1. The smallest absolute Gasteiger partial charge is 0.182 e. The molecule has 5 rings (SSSR count). The zero-order chi connectivity index (χ0) is 20.7. The van der Waals surface area contributed by atoms with Gasteiger partial charge >= 0.3 is 0 Å². The molecule has 0 aliphatic heterocycles. The number of pyridine rings is 1. The Labute approximate surface area is 170 Å². The highest BCUT2D eigenvalue weighted by Crippen LogP contribution is 2.33. The van der Waals surface area contributed by atoms with Crippen LogP contribution in [-0.4, -0.2) is 24.9 Å². The quantitative estimate of drug-likeness (QED) is 0.441. The molecule has 0 radical (unpaired) electrons. The summed E-state index contributed by atoms with van der Waals surface area (Å²) in [6, 6.07) is 12.5. The molecule has 30 heavy (non-hydrogen) atoms. The van der Waals surface area contributed by atoms with Gasteiger partial charge < -0.3 is 10.3 Å². The highest BCUT2D eigenvalue weighted by molar-refractivity contribution is 5.85. The van der Waals surface area contributed by atoms with Gasteiger partial charge in [-0.05, 0) is 31.2 Å². The Bertz CT molecular complexity index is 1380. The van der Waals surface area contributed by atoms with Crippen LogP contribution in [0.15, 0.2) is 61.2 Å². The van der Waals surface area contributed by atoms with Crippen LogP contribution in [0.2, 0.25) is 0 Å². The van der Waals surface area contributed by atoms with Gasteiger partial charge in [0.15, 0.2) is 11.5 Å². The molecule has 3 heterocycles. The molecule has 148 valence electrons. The number of rotatable bonds is 4. The Morgan fingerprint density at radius 1 is 1.00 bits per heavy atom. The van der Waals surface area contributed by atoms with Gasteiger partial charge in [-0.1, -0.05) is 24.3 Å². The highest BCUT2D eigenvalue weighted by atomic mass is 19.1. The lowest BCUT2D eigenvalue weighted by molar-refractivity contribution is 0.628. The standard InChI is InChI=1S/C22H16F2N6/c1-12(29-22-20-21(26-10-25-20)27-11-28-22)16-9-14-5-3-7-17(24)19(14)30-18(16)13-4-2-6-15(23)8-13/h2-12H,1H3,(H2,25,26,27,28,29). The van der Waals surface area contributed by atoms with Crippen LogP contribution in [-0.2, 0) is 0 Å². The van der Waals surface area contributed by atoms with E-state index in [-0.39, 0.29) is 17.4 Å². The molecule has 5 aromatic rings. The molecule has 2 N–H and O–H groups in total. The van der Waals surface area contributed by atoms with E-state index in [2.05, 4.69) is 30.2 Å². The zero-order valence-corrected chi connectivity index (χ0v) is 15.9. The summed E-state index contributed by atoms with van der Waals surface area (Å²) < 4.78 is 28.3. The third kappa shape index (κ3) is 3.12. The van der Waals surface area contributed by atoms with E-state index in [0.717, 1.165) is 5.56 Å². The van der Waals surface area contributed by atoms with Crippen molar-refractivity contribution in [2.75, 3.05) is 5.32 Å². The Kier molecular flexibility index (Phi) is 4.31. The molecule has 1 unspecified atom stereocenters. The largest absolute Gasteiger partial charge is 0.362 e. The van der Waals surface area contributed by atoms with E-state index in [1.807, 2.05) is 13.0 Å². The minimum absolute atomic E-state index is 0.241. The molecule has 0 amide bonds. The van der Waals surface area contributed by atoms with E-state index in [0.29, 0.717) is 33.6 Å². The van der Waals surface area contributed by atoms with Crippen molar-refractivity contribution in [3.05, 3.63) is 78.4 Å². The number of nitrogens with one attached hydrogen (secondary N) is 2. The van der Waals surface area contributed by atoms with Crippen LogP contribution in [0.25, 0.3) is 33.3 Å². The molecule has 3 aromatic heterocycles. The number of H-pyrrole nitrogens is 1. The maximum absolute atomic E-state index is 14.4. The molecule has 0 spiro atoms. The molecule has 0 saturated heterocycles. The summed E-state index contributed by atoms with van der Waals surface area (Å²) in [7, 11) is 0. The van der Waals surface area contributed by atoms with Gasteiger partial charge in [-0.3, -0.25) is 0 Å². The number of nitrogens with zero attached hydrogens (tertiary/aromatic N) is 4. The maximum Gasteiger partial charge on any atom is 0.182 e. The predicted molar refractivity (Wildman–Crippen MR) is 111 cm³/mol. The SMILES string of the molecule is CC(Nc1ncnc2nc[nH]c12)c1cc2cccc(F)c2nc1-c1cccc(F)c1. The summed E-state index contributed by atoms with van der Waals surface area (Å²) in [5, 5.41) is 4.00. The lowest BCUT2D eigenvalue weighted by Crippen LogP contribution is -2.11. The number of fused-ring (bicyclic) bond motifs is 2. The molecule has 0 aliphatic rings. The van der Waals surface area contributed by atoms with Crippen molar-refractivity contribution in [2.24, 2.45) is 0 Å². The van der Waals surface area contributed by atoms with Crippen LogP contribution >= 0.6 is 0 Å². The summed E-state index contributed by atoms with van der Waals surface area (Å²) in [6.07, 6.45) is 2.98. The molecule has 6 nitrogen and oxygen atoms in total. The second-order valence-electron chi connectivity index (χ2n) is 6.94. The normalized spacial score (nSPS) is 12.4. The monoisotopic (exact) mass is 402 g/mol. The molecule has 8 heteroatoms. The van der Waals surface area contributed by atoms with Crippen molar-refractivity contribution in [2.45, 2.75) is 13.0 Å². The highest BCUT2D eigenvalue weighted by Gasteiger charge is 2.18. The van der Waals surface area contributed by atoms with Crippen molar-refractivity contribution < 1.29 is 8.78 Å². The van der Waals surface area contributed by atoms with Gasteiger partial charge in [0.2, 0.25) is 0 Å². The van der Waals surface area contributed by atoms with Gasteiger partial charge in [0.25, 0.3) is 0 Å². The number of imidazole rings is 1. The average Bonchev–Trinajstić information content (AvgIpc) is 3.23. The van der Waals surface area contributed by atoms with Crippen LogP contribution in [0, 0.1) is 11.6 Å². The Balaban J connectivity index is 1.66. The molecule has 0 fully saturated rings. The van der Waals surface area contributed by atoms with Gasteiger partial charge in [0, 0.05) is 16.5 Å². The second kappa shape index (κ2) is 7.14. The third-order valence-corrected chi connectivity index (χ3v) is 4.97. The van der Waals surface area contributed by atoms with E-state index < -0.39 is 5.82 Å². The predicted octanol–water partition coefficient (Wildman–Crippen LogP) is 5.02. The van der Waals surface area contributed by atoms with Crippen LogP contribution in [0.4, 0.5) is 14.6 Å². The number of benzene rings is 2. The number of aromatic amines is 1. The van der Waals surface area contributed by atoms with Crippen molar-refractivity contribution in [1.82, 2.24) is 24.9 Å². The number of anilines is 1. The fourth-order valence-corrected chi connectivity index (χ4v) is 3.53. The molecular weight excluding hydrogens is 386 g/mol. The first-order valence-electron chi connectivity index (χ1n) is 9.36. The van der Waals surface area contributed by atoms with Crippen molar-refractivity contribution in [3.8, 4) is 11.3 Å². The lowest BCUT2D eigenvalue weighted by Gasteiger charge is -2.19. The van der Waals surface area contributed by atoms with Crippen molar-refractivity contribution >= 4 is 27.9 Å². The summed E-state index contributed by atoms with van der Waals surface area (Å²) in [5.41, 5.74) is 3.32. The van der Waals surface area contributed by atoms with E-state index in [1.165, 1.54) is 24.5 Å². The van der Waals surface area contributed by atoms with Crippen LogP contribution in [0.3, 0.4) is 0 Å². The molecule has 0 saturated carbocycles. The molecule has 1 atom stereocenters. The fourth-order valence-electron chi connectivity index (χ4n) is 3.53. The Morgan fingerprint density at radius 2 is 1.87 bits per heavy atom. The van der Waals surface area contributed by atoms with Gasteiger partial charge in [0.05, 0.1) is 18.1 Å². The number of hydrogen-bond donors (Lipinski definition) is 2. The third-order valence-electron chi connectivity index (χ3n) is 4.97. The summed E-state index contributed by atoms with van der Waals surface area (Å²) >= 11 is 0. The first-order chi connectivity index (χ1) is 14.6. The van der Waals surface area contributed by atoms with E-state index in [1.54, 1.807) is 30.6 Å². The second-order valence-corrected chi connectivity index (χ2v) is 6.94. The number of aromatic nitrogens is 5. The Morgan fingerprint density at radius 3 is 2.73 bits per heavy atom. The van der Waals surface area contributed by atoms with Gasteiger partial charge in [0.1, 0.15) is 29.0 Å². The van der Waals surface area contributed by atoms with E-state index >= 15 is 0 Å². The zero-order valence-electron chi connectivity index (χ0n) is 15.9. The van der Waals surface area contributed by atoms with Crippen LogP contribution in [0.5, 0.6) is 0 Å². The summed E-state index contributed by atoms with van der Waals surface area (Å²) in [5.74, 6) is -0.230. The first-order valence-corrected chi connectivity index (χ1v) is 9.36. The fraction of sp³-hybridized carbons (Fsp3) is 0.0909. The topological polar surface area (TPSA) is 79.4 Å². The number of halogens is 2. The van der Waals surface area contributed by atoms with E-state index in [9.17, 15) is 8.78 Å². The van der Waals surface area contributed by atoms with E-state index in [4.69, 9.17) is 0 Å². The van der Waals surface area contributed by atoms with Crippen molar-refractivity contribution in [1.29, 1.82) is 0 Å². The molecular formula is C22H16F2N6. The van der Waals surface area contributed by atoms with Crippen LogP contribution in [0.1, 0.15) is 18.5 Å². The minimum Gasteiger partial charge on any atom is -0.362 e. The van der Waals surface area contributed by atoms with Gasteiger partial charge in [-0.25, -0.2) is 28.7 Å². The van der Waals surface area contributed by atoms with Gasteiger partial charge in [-0.2, -0.15) is 0 Å². The summed E-state index contributed by atoms with van der Waals surface area (Å²) in [4.78, 5) is 20.2. The van der Waals surface area contributed by atoms with Gasteiger partial charge in [-0.15, -0.1) is 0 Å². The van der Waals surface area contributed by atoms with Crippen LogP contribution < -0.4 is 5.32 Å². The summed E-state index contributed by atoms with van der Waals surface area (Å²) in [6.45, 7) is 1.94. The average molecular weight is 402 g/mol. The number of hydrogen-bond acceptors (Lipinski definition) is 5. The maximum atomic E-state index is 14.4. The van der Waals surface area contributed by atoms with Crippen molar-refractivity contribution in [3.63, 3.8) is 0 Å². The molecule has 2 aromatic carbocycles. The minimum atomic E-state index is -0.424. The molecule has 0 bridgehead atoms. The number of para-hydroxylation sites is 1. The Hall–Kier alpha value is -3.94.